The van der Waals surface area contributed by atoms with E-state index in [1.54, 1.807) is 0 Å². The fourth-order valence-corrected chi connectivity index (χ4v) is 1.19. The second kappa shape index (κ2) is 2.31. The first-order chi connectivity index (χ1) is 5.40. The number of nitrogens with zero attached hydrogens (tertiary/aromatic N) is 1. The van der Waals surface area contributed by atoms with E-state index in [-0.39, 0.29) is 0 Å². The number of benzene rings is 1. The van der Waals surface area contributed by atoms with Crippen LogP contribution in [0.25, 0.3) is 0 Å². The van der Waals surface area contributed by atoms with Crippen molar-refractivity contribution in [1.82, 2.24) is 0 Å². The molecule has 0 unspecified atom stereocenters. The zero-order valence-corrected chi connectivity index (χ0v) is 5.95. The molecular formula is C9H7NO. The highest BCUT2D eigenvalue weighted by atomic mass is 16.1. The lowest BCUT2D eigenvalue weighted by Gasteiger charge is -1.95. The molecule has 0 aliphatic carbocycles. The molecule has 2 heteroatoms. The van der Waals surface area contributed by atoms with Crippen molar-refractivity contribution < 1.29 is 4.79 Å². The highest BCUT2D eigenvalue weighted by Crippen LogP contribution is 2.24. The maximum Gasteiger partial charge on any atom is 0.150 e. The third-order valence-electron chi connectivity index (χ3n) is 1.79. The van der Waals surface area contributed by atoms with Gasteiger partial charge in [0.15, 0.2) is 0 Å². The molecule has 0 saturated carbocycles. The van der Waals surface area contributed by atoms with Gasteiger partial charge in [-0.2, -0.15) is 0 Å². The van der Waals surface area contributed by atoms with Gasteiger partial charge in [-0.15, -0.1) is 0 Å². The average Bonchev–Trinajstić information content (AvgIpc) is 2.50. The Morgan fingerprint density at radius 2 is 2.36 bits per heavy atom. The topological polar surface area (TPSA) is 29.4 Å². The molecule has 1 aromatic carbocycles. The van der Waals surface area contributed by atoms with Gasteiger partial charge >= 0.3 is 0 Å². The van der Waals surface area contributed by atoms with Crippen molar-refractivity contribution in [3.63, 3.8) is 0 Å². The highest BCUT2D eigenvalue weighted by Gasteiger charge is 2.05. The summed E-state index contributed by atoms with van der Waals surface area (Å²) in [6.45, 7) is 0. The van der Waals surface area contributed by atoms with E-state index in [0.717, 1.165) is 18.4 Å². The van der Waals surface area contributed by atoms with E-state index < -0.39 is 0 Å². The average molecular weight is 145 g/mol. The van der Waals surface area contributed by atoms with Gasteiger partial charge in [-0.05, 0) is 11.6 Å². The smallest absolute Gasteiger partial charge is 0.150 e. The number of hydrogen-bond acceptors (Lipinski definition) is 2. The summed E-state index contributed by atoms with van der Waals surface area (Å²) >= 11 is 0. The summed E-state index contributed by atoms with van der Waals surface area (Å²) in [5.74, 6) is 0. The SMILES string of the molecule is O=Cc1ccc2c(c1)N=CC2. The lowest BCUT2D eigenvalue weighted by Crippen LogP contribution is -1.81. The van der Waals surface area contributed by atoms with Crippen LogP contribution in [0.3, 0.4) is 0 Å². The number of carbonyl (C=O) groups is 1. The Bertz CT molecular complexity index is 328. The normalized spacial score (nSPS) is 13.1. The highest BCUT2D eigenvalue weighted by molar-refractivity contribution is 5.82. The van der Waals surface area contributed by atoms with E-state index in [1.807, 2.05) is 24.4 Å². The van der Waals surface area contributed by atoms with Gasteiger partial charge in [0.1, 0.15) is 6.29 Å². The summed E-state index contributed by atoms with van der Waals surface area (Å²) in [6, 6.07) is 5.58. The molecule has 0 radical (unpaired) electrons. The van der Waals surface area contributed by atoms with Crippen LogP contribution in [-0.2, 0) is 6.42 Å². The third kappa shape index (κ3) is 0.963. The fraction of sp³-hybridized carbons (Fsp3) is 0.111. The Kier molecular flexibility index (Phi) is 1.32. The molecule has 11 heavy (non-hydrogen) atoms. The van der Waals surface area contributed by atoms with Gasteiger partial charge < -0.3 is 0 Å². The van der Waals surface area contributed by atoms with Crippen molar-refractivity contribution in [2.75, 3.05) is 0 Å². The minimum absolute atomic E-state index is 0.697. The molecule has 2 rings (SSSR count). The van der Waals surface area contributed by atoms with E-state index in [9.17, 15) is 4.79 Å². The molecule has 0 fully saturated rings. The zero-order chi connectivity index (χ0) is 7.68. The van der Waals surface area contributed by atoms with Crippen LogP contribution in [0, 0.1) is 0 Å². The Labute approximate surface area is 64.6 Å². The Morgan fingerprint density at radius 1 is 1.45 bits per heavy atom. The summed E-state index contributed by atoms with van der Waals surface area (Å²) in [7, 11) is 0. The van der Waals surface area contributed by atoms with Crippen molar-refractivity contribution >= 4 is 18.2 Å². The number of aliphatic imine (C=N–C) groups is 1. The van der Waals surface area contributed by atoms with Crippen LogP contribution in [0.2, 0.25) is 0 Å². The number of aldehydes is 1. The number of fused-ring (bicyclic) bond motifs is 1. The van der Waals surface area contributed by atoms with E-state index in [1.165, 1.54) is 5.56 Å². The van der Waals surface area contributed by atoms with Gasteiger partial charge in [0.2, 0.25) is 0 Å². The van der Waals surface area contributed by atoms with Gasteiger partial charge in [-0.25, -0.2) is 0 Å². The third-order valence-corrected chi connectivity index (χ3v) is 1.79. The van der Waals surface area contributed by atoms with Crippen molar-refractivity contribution in [3.8, 4) is 0 Å². The van der Waals surface area contributed by atoms with E-state index in [4.69, 9.17) is 0 Å². The van der Waals surface area contributed by atoms with Crippen LogP contribution in [0.1, 0.15) is 15.9 Å². The molecule has 0 spiro atoms. The minimum atomic E-state index is 0.697. The van der Waals surface area contributed by atoms with Crippen molar-refractivity contribution in [2.24, 2.45) is 4.99 Å². The molecule has 1 heterocycles. The predicted octanol–water partition coefficient (Wildman–Crippen LogP) is 1.76. The number of rotatable bonds is 1. The van der Waals surface area contributed by atoms with Crippen LogP contribution in [0.4, 0.5) is 5.69 Å². The van der Waals surface area contributed by atoms with Crippen LogP contribution in [0.15, 0.2) is 23.2 Å². The van der Waals surface area contributed by atoms with E-state index in [2.05, 4.69) is 4.99 Å². The summed E-state index contributed by atoms with van der Waals surface area (Å²) in [5, 5.41) is 0. The fourth-order valence-electron chi connectivity index (χ4n) is 1.19. The quantitative estimate of drug-likeness (QED) is 0.553. The van der Waals surface area contributed by atoms with Crippen molar-refractivity contribution in [3.05, 3.63) is 29.3 Å². The molecule has 0 N–H and O–H groups in total. The summed E-state index contributed by atoms with van der Waals surface area (Å²) in [4.78, 5) is 14.5. The zero-order valence-electron chi connectivity index (χ0n) is 5.95. The van der Waals surface area contributed by atoms with Crippen molar-refractivity contribution in [1.29, 1.82) is 0 Å². The Balaban J connectivity index is 2.55. The molecule has 0 amide bonds. The van der Waals surface area contributed by atoms with E-state index in [0.29, 0.717) is 5.56 Å². The maximum absolute atomic E-state index is 10.4. The first-order valence-corrected chi connectivity index (χ1v) is 3.51. The second-order valence-electron chi connectivity index (χ2n) is 2.52. The van der Waals surface area contributed by atoms with Crippen molar-refractivity contribution in [2.45, 2.75) is 6.42 Å². The predicted molar refractivity (Wildman–Crippen MR) is 43.7 cm³/mol. The molecule has 2 nitrogen and oxygen atoms in total. The van der Waals surface area contributed by atoms with Crippen LogP contribution in [-0.4, -0.2) is 12.5 Å². The Hall–Kier alpha value is -1.44. The second-order valence-corrected chi connectivity index (χ2v) is 2.52. The van der Waals surface area contributed by atoms with E-state index >= 15 is 0 Å². The van der Waals surface area contributed by atoms with Gasteiger partial charge in [-0.1, -0.05) is 12.1 Å². The summed E-state index contributed by atoms with van der Waals surface area (Å²) in [6.07, 6.45) is 3.60. The molecule has 1 aromatic rings. The maximum atomic E-state index is 10.4. The van der Waals surface area contributed by atoms with Crippen LogP contribution in [0.5, 0.6) is 0 Å². The number of hydrogen-bond donors (Lipinski definition) is 0. The molecule has 1 aliphatic heterocycles. The molecular weight excluding hydrogens is 138 g/mol. The first kappa shape index (κ1) is 6.28. The lowest BCUT2D eigenvalue weighted by molar-refractivity contribution is 0.112. The summed E-state index contributed by atoms with van der Waals surface area (Å²) < 4.78 is 0. The van der Waals surface area contributed by atoms with Crippen LogP contribution < -0.4 is 0 Å². The molecule has 54 valence electrons. The van der Waals surface area contributed by atoms with Gasteiger partial charge in [0, 0.05) is 18.2 Å². The molecule has 0 aromatic heterocycles. The molecule has 0 saturated heterocycles. The van der Waals surface area contributed by atoms with Gasteiger partial charge in [-0.3, -0.25) is 9.79 Å². The summed E-state index contributed by atoms with van der Waals surface area (Å²) in [5.41, 5.74) is 2.84. The van der Waals surface area contributed by atoms with Gasteiger partial charge in [0.25, 0.3) is 0 Å². The van der Waals surface area contributed by atoms with Gasteiger partial charge in [0.05, 0.1) is 5.69 Å². The lowest BCUT2D eigenvalue weighted by atomic mass is 10.1. The minimum Gasteiger partial charge on any atom is -0.298 e. The molecule has 0 bridgehead atoms. The molecule has 0 atom stereocenters. The molecule has 1 aliphatic rings. The number of carbonyl (C=O) groups excluding carboxylic acids is 1. The van der Waals surface area contributed by atoms with Crippen LogP contribution >= 0.6 is 0 Å². The standard InChI is InChI=1S/C9H7NO/c11-6-7-1-2-8-3-4-10-9(8)5-7/h1-2,4-6H,3H2. The first-order valence-electron chi connectivity index (χ1n) is 3.51. The Morgan fingerprint density at radius 3 is 3.18 bits per heavy atom. The largest absolute Gasteiger partial charge is 0.298 e. The monoisotopic (exact) mass is 145 g/mol.